The monoisotopic (exact) mass is 250 g/mol. The van der Waals surface area contributed by atoms with E-state index >= 15 is 0 Å². The number of ether oxygens (including phenoxy) is 1. The molecule has 102 valence electrons. The maximum Gasteiger partial charge on any atom is 0.0643 e. The second kappa shape index (κ2) is 3.94. The first-order valence-electron chi connectivity index (χ1n) is 7.80. The van der Waals surface area contributed by atoms with E-state index in [9.17, 15) is 0 Å². The van der Waals surface area contributed by atoms with Crippen LogP contribution in [0.2, 0.25) is 0 Å². The molecule has 1 spiro atoms. The standard InChI is InChI=1S/C15H26N2O/c1-16(2)17-13-9-18-10-15(13)12-8-6-4-3-5-7-11(12)14(15)17/h11-14H,3-10H2,1-2H3. The van der Waals surface area contributed by atoms with Crippen LogP contribution in [0.25, 0.3) is 0 Å². The Hall–Kier alpha value is -0.120. The lowest BCUT2D eigenvalue weighted by Crippen LogP contribution is -2.86. The van der Waals surface area contributed by atoms with Crippen LogP contribution >= 0.6 is 0 Å². The van der Waals surface area contributed by atoms with Gasteiger partial charge in [-0.1, -0.05) is 25.7 Å². The lowest BCUT2D eigenvalue weighted by atomic mass is 9.41. The molecule has 0 aromatic carbocycles. The molecule has 0 N–H and O–H groups in total. The van der Waals surface area contributed by atoms with Gasteiger partial charge in [0.2, 0.25) is 0 Å². The summed E-state index contributed by atoms with van der Waals surface area (Å²) in [6, 6.07) is 1.50. The minimum Gasteiger partial charge on any atom is -0.379 e. The predicted molar refractivity (Wildman–Crippen MR) is 71.0 cm³/mol. The minimum absolute atomic E-state index is 0.562. The molecule has 4 rings (SSSR count). The summed E-state index contributed by atoms with van der Waals surface area (Å²) < 4.78 is 5.89. The fraction of sp³-hybridized carbons (Fsp3) is 1.00. The fourth-order valence-corrected chi connectivity index (χ4v) is 5.70. The molecule has 3 heteroatoms. The molecular weight excluding hydrogens is 224 g/mol. The van der Waals surface area contributed by atoms with Gasteiger partial charge in [0.25, 0.3) is 0 Å². The van der Waals surface area contributed by atoms with E-state index in [-0.39, 0.29) is 0 Å². The van der Waals surface area contributed by atoms with Crippen LogP contribution in [0.5, 0.6) is 0 Å². The Balaban J connectivity index is 1.61. The van der Waals surface area contributed by atoms with Crippen LogP contribution in [0.4, 0.5) is 0 Å². The SMILES string of the molecule is CN(C)N1C2COCC23C2CCCCCCC2C13. The number of hydrazine groups is 1. The molecule has 5 unspecified atom stereocenters. The lowest BCUT2D eigenvalue weighted by molar-refractivity contribution is -0.328. The van der Waals surface area contributed by atoms with Crippen molar-refractivity contribution in [1.82, 2.24) is 10.0 Å². The summed E-state index contributed by atoms with van der Waals surface area (Å²) in [5, 5.41) is 4.97. The van der Waals surface area contributed by atoms with Gasteiger partial charge < -0.3 is 4.74 Å². The first kappa shape index (κ1) is 11.7. The smallest absolute Gasteiger partial charge is 0.0643 e. The second-order valence-corrected chi connectivity index (χ2v) is 7.08. The Morgan fingerprint density at radius 2 is 1.89 bits per heavy atom. The summed E-state index contributed by atoms with van der Waals surface area (Å²) in [6.45, 7) is 2.02. The van der Waals surface area contributed by atoms with E-state index in [1.807, 2.05) is 0 Å². The second-order valence-electron chi connectivity index (χ2n) is 7.08. The topological polar surface area (TPSA) is 15.7 Å². The van der Waals surface area contributed by atoms with Crippen LogP contribution < -0.4 is 0 Å². The summed E-state index contributed by atoms with van der Waals surface area (Å²) in [7, 11) is 4.41. The molecule has 4 aliphatic rings. The van der Waals surface area contributed by atoms with E-state index in [4.69, 9.17) is 4.74 Å². The zero-order valence-corrected chi connectivity index (χ0v) is 11.8. The van der Waals surface area contributed by atoms with Crippen LogP contribution in [0.15, 0.2) is 0 Å². The van der Waals surface area contributed by atoms with Crippen molar-refractivity contribution in [2.45, 2.75) is 50.6 Å². The third-order valence-electron chi connectivity index (χ3n) is 6.28. The zero-order valence-electron chi connectivity index (χ0n) is 11.8. The molecule has 0 bridgehead atoms. The van der Waals surface area contributed by atoms with Gasteiger partial charge >= 0.3 is 0 Å². The average Bonchev–Trinajstić information content (AvgIpc) is 2.67. The number of fused-ring (bicyclic) bond motifs is 2. The van der Waals surface area contributed by atoms with Crippen LogP contribution in [0, 0.1) is 17.3 Å². The quantitative estimate of drug-likeness (QED) is 0.709. The molecule has 2 saturated heterocycles. The highest BCUT2D eigenvalue weighted by molar-refractivity contribution is 5.26. The van der Waals surface area contributed by atoms with Crippen molar-refractivity contribution >= 4 is 0 Å². The highest BCUT2D eigenvalue weighted by Crippen LogP contribution is 2.69. The Bertz CT molecular complexity index is 345. The van der Waals surface area contributed by atoms with Gasteiger partial charge in [-0.3, -0.25) is 0 Å². The van der Waals surface area contributed by atoms with Gasteiger partial charge in [0, 0.05) is 25.6 Å². The maximum atomic E-state index is 5.89. The average molecular weight is 250 g/mol. The van der Waals surface area contributed by atoms with Gasteiger partial charge in [0.05, 0.1) is 19.3 Å². The molecule has 2 aliphatic carbocycles. The molecule has 5 atom stereocenters. The molecule has 2 aliphatic heterocycles. The molecular formula is C15H26N2O. The van der Waals surface area contributed by atoms with Gasteiger partial charge in [-0.15, -0.1) is 0 Å². The van der Waals surface area contributed by atoms with Crippen LogP contribution in [-0.2, 0) is 4.74 Å². The Kier molecular flexibility index (Phi) is 2.56. The minimum atomic E-state index is 0.562. The van der Waals surface area contributed by atoms with Crippen LogP contribution in [0.3, 0.4) is 0 Å². The summed E-state index contributed by atoms with van der Waals surface area (Å²) in [5.74, 6) is 1.94. The predicted octanol–water partition coefficient (Wildman–Crippen LogP) is 2.13. The first-order valence-corrected chi connectivity index (χ1v) is 7.80. The summed E-state index contributed by atoms with van der Waals surface area (Å²) >= 11 is 0. The molecule has 2 saturated carbocycles. The first-order chi connectivity index (χ1) is 8.77. The Labute approximate surface area is 110 Å². The van der Waals surface area contributed by atoms with Crippen molar-refractivity contribution in [3.63, 3.8) is 0 Å². The maximum absolute atomic E-state index is 5.89. The van der Waals surface area contributed by atoms with E-state index in [2.05, 4.69) is 24.1 Å². The van der Waals surface area contributed by atoms with Crippen molar-refractivity contribution in [3.05, 3.63) is 0 Å². The fourth-order valence-electron chi connectivity index (χ4n) is 5.70. The van der Waals surface area contributed by atoms with Gasteiger partial charge in [0.15, 0.2) is 0 Å². The van der Waals surface area contributed by atoms with Crippen LogP contribution in [0.1, 0.15) is 38.5 Å². The van der Waals surface area contributed by atoms with Crippen molar-refractivity contribution in [3.8, 4) is 0 Å². The molecule has 0 aromatic rings. The number of rotatable bonds is 1. The molecule has 2 heterocycles. The number of nitrogens with zero attached hydrogens (tertiary/aromatic N) is 2. The van der Waals surface area contributed by atoms with Crippen molar-refractivity contribution in [2.24, 2.45) is 17.3 Å². The van der Waals surface area contributed by atoms with E-state index in [0.717, 1.165) is 31.1 Å². The summed E-state index contributed by atoms with van der Waals surface area (Å²) in [6.07, 6.45) is 8.79. The molecule has 0 aromatic heterocycles. The Morgan fingerprint density at radius 3 is 2.67 bits per heavy atom. The lowest BCUT2D eigenvalue weighted by Gasteiger charge is -2.76. The van der Waals surface area contributed by atoms with Crippen molar-refractivity contribution in [2.75, 3.05) is 27.3 Å². The van der Waals surface area contributed by atoms with Crippen LogP contribution in [-0.4, -0.2) is 49.4 Å². The van der Waals surface area contributed by atoms with Gasteiger partial charge in [-0.05, 0) is 24.7 Å². The van der Waals surface area contributed by atoms with Gasteiger partial charge in [-0.2, -0.15) is 0 Å². The van der Waals surface area contributed by atoms with Gasteiger partial charge in [-0.25, -0.2) is 10.0 Å². The molecule has 18 heavy (non-hydrogen) atoms. The largest absolute Gasteiger partial charge is 0.379 e. The normalized spacial score (nSPS) is 51.5. The van der Waals surface area contributed by atoms with E-state index in [1.54, 1.807) is 0 Å². The third kappa shape index (κ3) is 1.21. The molecule has 4 fully saturated rings. The third-order valence-corrected chi connectivity index (χ3v) is 6.28. The van der Waals surface area contributed by atoms with Gasteiger partial charge in [0.1, 0.15) is 0 Å². The summed E-state index contributed by atoms with van der Waals surface area (Å²) in [5.41, 5.74) is 0.562. The highest BCUT2D eigenvalue weighted by atomic mass is 16.5. The number of piperidine rings is 1. The molecule has 3 nitrogen and oxygen atoms in total. The van der Waals surface area contributed by atoms with E-state index in [0.29, 0.717) is 11.5 Å². The van der Waals surface area contributed by atoms with E-state index in [1.165, 1.54) is 38.5 Å². The molecule has 0 amide bonds. The Morgan fingerprint density at radius 1 is 1.11 bits per heavy atom. The number of hydrogen-bond donors (Lipinski definition) is 0. The summed E-state index contributed by atoms with van der Waals surface area (Å²) in [4.78, 5) is 0. The van der Waals surface area contributed by atoms with Crippen molar-refractivity contribution in [1.29, 1.82) is 0 Å². The van der Waals surface area contributed by atoms with Crippen molar-refractivity contribution < 1.29 is 4.74 Å². The number of hydrogen-bond acceptors (Lipinski definition) is 3. The molecule has 0 radical (unpaired) electrons. The highest BCUT2D eigenvalue weighted by Gasteiger charge is 2.77. The zero-order chi connectivity index (χ0) is 12.3. The van der Waals surface area contributed by atoms with E-state index < -0.39 is 0 Å².